The molecule has 9 heteroatoms. The van der Waals surface area contributed by atoms with Gasteiger partial charge < -0.3 is 9.80 Å². The summed E-state index contributed by atoms with van der Waals surface area (Å²) in [7, 11) is 1.75. The first-order valence-electron chi connectivity index (χ1n) is 9.08. The minimum atomic E-state index is -0.365. The Labute approximate surface area is 186 Å². The minimum Gasteiger partial charge on any atom is -0.368 e. The van der Waals surface area contributed by atoms with E-state index in [4.69, 9.17) is 6.42 Å². The molecule has 1 atom stereocenters. The lowest BCUT2D eigenvalue weighted by Crippen LogP contribution is -2.42. The number of piperazine rings is 1. The van der Waals surface area contributed by atoms with E-state index < -0.39 is 0 Å². The van der Waals surface area contributed by atoms with Crippen molar-refractivity contribution < 1.29 is 4.92 Å². The normalized spacial score (nSPS) is 16.7. The average molecular weight is 534 g/mol. The van der Waals surface area contributed by atoms with Crippen molar-refractivity contribution in [3.8, 4) is 12.3 Å². The second-order valence-electron chi connectivity index (χ2n) is 6.39. The largest absolute Gasteiger partial charge is 0.368 e. The molecule has 1 aliphatic heterocycles. The summed E-state index contributed by atoms with van der Waals surface area (Å²) in [6.07, 6.45) is 5.81. The molecule has 0 aliphatic carbocycles. The van der Waals surface area contributed by atoms with Crippen LogP contribution in [0, 0.1) is 22.5 Å². The number of hydrogen-bond acceptors (Lipinski definition) is 5. The molecule has 0 N–H and O–H groups in total. The number of hydrogen-bond donors (Lipinski definition) is 0. The molecule has 2 rings (SSSR count). The van der Waals surface area contributed by atoms with Crippen LogP contribution in [0.1, 0.15) is 12.5 Å². The van der Waals surface area contributed by atoms with E-state index in [1.165, 1.54) is 6.07 Å². The van der Waals surface area contributed by atoms with Crippen LogP contribution in [0.15, 0.2) is 17.0 Å². The Morgan fingerprint density at radius 1 is 1.29 bits per heavy atom. The number of non-ortho nitro benzene ring substituents is 1. The number of benzene rings is 1. The number of rotatable bonds is 8. The fourth-order valence-electron chi connectivity index (χ4n) is 3.23. The Morgan fingerprint density at radius 3 is 2.36 bits per heavy atom. The van der Waals surface area contributed by atoms with Gasteiger partial charge in [-0.2, -0.15) is 0 Å². The number of anilines is 1. The Morgan fingerprint density at radius 2 is 1.89 bits per heavy atom. The quantitative estimate of drug-likeness (QED) is 0.167. The van der Waals surface area contributed by atoms with Crippen molar-refractivity contribution in [2.75, 3.05) is 61.9 Å². The molecule has 1 saturated heterocycles. The monoisotopic (exact) mass is 532 g/mol. The predicted octanol–water partition coefficient (Wildman–Crippen LogP) is 3.78. The topological polar surface area (TPSA) is 52.9 Å². The fourth-order valence-corrected chi connectivity index (χ4v) is 6.16. The second-order valence-corrected chi connectivity index (χ2v) is 10.0. The molecule has 0 radical (unpaired) electrons. The number of nitro groups is 1. The molecule has 0 aromatic heterocycles. The first-order chi connectivity index (χ1) is 13.5. The van der Waals surface area contributed by atoms with Crippen LogP contribution in [0.3, 0.4) is 0 Å². The standard InChI is InChI=1S/C19H26Br2N4O2S/c1-4-16-14-17(25(26)27)15-18(19(16)23(8-6-20)9-7-21)28(5-2)24-12-10-22(3)11-13-24/h1,5,14-15H,6-13H2,2-3H3. The molecule has 1 aliphatic rings. The molecular formula is C19H26Br2N4O2S. The van der Waals surface area contributed by atoms with Gasteiger partial charge in [0, 0.05) is 67.0 Å². The molecule has 0 bridgehead atoms. The van der Waals surface area contributed by atoms with Gasteiger partial charge in [0.25, 0.3) is 5.69 Å². The number of alkyl halides is 2. The SMILES string of the molecule is C#Cc1cc([N+](=O)[O-])cc(/S(=C\C)N2CCN(C)CC2)c1N(CCBr)CCBr. The van der Waals surface area contributed by atoms with Gasteiger partial charge in [-0.15, -0.1) is 6.42 Å². The smallest absolute Gasteiger partial charge is 0.271 e. The molecule has 0 saturated carbocycles. The van der Waals surface area contributed by atoms with E-state index in [0.29, 0.717) is 5.56 Å². The molecule has 1 fully saturated rings. The predicted molar refractivity (Wildman–Crippen MR) is 127 cm³/mol. The molecular weight excluding hydrogens is 508 g/mol. The van der Waals surface area contributed by atoms with Crippen molar-refractivity contribution in [1.29, 1.82) is 0 Å². The second kappa shape index (κ2) is 11.3. The van der Waals surface area contributed by atoms with Gasteiger partial charge in [-0.3, -0.25) is 10.1 Å². The van der Waals surface area contributed by atoms with Crippen molar-refractivity contribution in [1.82, 2.24) is 9.21 Å². The molecule has 1 heterocycles. The average Bonchev–Trinajstić information content (AvgIpc) is 2.69. The molecule has 1 aromatic carbocycles. The maximum Gasteiger partial charge on any atom is 0.271 e. The summed E-state index contributed by atoms with van der Waals surface area (Å²) in [6, 6.07) is 3.24. The van der Waals surface area contributed by atoms with Gasteiger partial charge in [0.15, 0.2) is 0 Å². The van der Waals surface area contributed by atoms with Crippen molar-refractivity contribution >= 4 is 59.3 Å². The summed E-state index contributed by atoms with van der Waals surface area (Å²) in [4.78, 5) is 16.7. The van der Waals surface area contributed by atoms with Crippen LogP contribution in [0.25, 0.3) is 0 Å². The van der Waals surface area contributed by atoms with Crippen LogP contribution in [0.5, 0.6) is 0 Å². The maximum atomic E-state index is 11.6. The summed E-state index contributed by atoms with van der Waals surface area (Å²) in [5.74, 6) is 2.70. The van der Waals surface area contributed by atoms with E-state index in [2.05, 4.69) is 64.3 Å². The molecule has 6 nitrogen and oxygen atoms in total. The van der Waals surface area contributed by atoms with E-state index in [1.54, 1.807) is 6.07 Å². The Hall–Kier alpha value is -0.920. The Kier molecular flexibility index (Phi) is 9.44. The first-order valence-corrected chi connectivity index (χ1v) is 12.6. The van der Waals surface area contributed by atoms with Crippen LogP contribution in [-0.4, -0.2) is 76.5 Å². The van der Waals surface area contributed by atoms with Crippen LogP contribution in [0.2, 0.25) is 0 Å². The Balaban J connectivity index is 2.65. The van der Waals surface area contributed by atoms with Crippen molar-refractivity contribution in [2.45, 2.75) is 11.8 Å². The zero-order chi connectivity index (χ0) is 20.7. The highest BCUT2D eigenvalue weighted by Crippen LogP contribution is 2.42. The van der Waals surface area contributed by atoms with Crippen LogP contribution in [0.4, 0.5) is 11.4 Å². The number of likely N-dealkylation sites (N-methyl/N-ethyl adjacent to an activating group) is 1. The zero-order valence-corrected chi connectivity index (χ0v) is 20.2. The third kappa shape index (κ3) is 5.57. The van der Waals surface area contributed by atoms with Gasteiger partial charge in [0.1, 0.15) is 0 Å². The third-order valence-corrected chi connectivity index (χ3v) is 7.48. The van der Waals surface area contributed by atoms with Crippen LogP contribution in [-0.2, 0) is 0 Å². The summed E-state index contributed by atoms with van der Waals surface area (Å²) in [5, 5.41) is 15.3. The number of terminal acetylenes is 1. The highest BCUT2D eigenvalue weighted by molar-refractivity contribution is 9.09. The van der Waals surface area contributed by atoms with Gasteiger partial charge in [0.2, 0.25) is 0 Å². The minimum absolute atomic E-state index is 0.0535. The maximum absolute atomic E-state index is 11.6. The lowest BCUT2D eigenvalue weighted by molar-refractivity contribution is -0.385. The molecule has 0 amide bonds. The Bertz CT molecular complexity index is 768. The molecule has 1 unspecified atom stereocenters. The molecule has 154 valence electrons. The highest BCUT2D eigenvalue weighted by Gasteiger charge is 2.25. The number of nitrogens with zero attached hydrogens (tertiary/aromatic N) is 4. The van der Waals surface area contributed by atoms with Crippen molar-refractivity contribution in [2.24, 2.45) is 0 Å². The fraction of sp³-hybridized carbons (Fsp3) is 0.526. The van der Waals surface area contributed by atoms with Gasteiger partial charge >= 0.3 is 0 Å². The number of halogens is 2. The van der Waals surface area contributed by atoms with Crippen molar-refractivity contribution in [3.05, 3.63) is 27.8 Å². The van der Waals surface area contributed by atoms with E-state index >= 15 is 0 Å². The zero-order valence-electron chi connectivity index (χ0n) is 16.2. The first kappa shape index (κ1) is 23.4. The number of nitro benzene ring substituents is 1. The lowest BCUT2D eigenvalue weighted by Gasteiger charge is -2.36. The van der Waals surface area contributed by atoms with Crippen molar-refractivity contribution in [3.63, 3.8) is 0 Å². The summed E-state index contributed by atoms with van der Waals surface area (Å²) in [6.45, 7) is 7.39. The van der Waals surface area contributed by atoms with Gasteiger partial charge in [-0.25, -0.2) is 4.31 Å². The van der Waals surface area contributed by atoms with E-state index in [1.807, 2.05) is 6.92 Å². The lowest BCUT2D eigenvalue weighted by atomic mass is 10.1. The molecule has 0 spiro atoms. The van der Waals surface area contributed by atoms with E-state index in [-0.39, 0.29) is 21.3 Å². The highest BCUT2D eigenvalue weighted by atomic mass is 79.9. The third-order valence-electron chi connectivity index (χ3n) is 4.64. The van der Waals surface area contributed by atoms with E-state index in [9.17, 15) is 10.1 Å². The summed E-state index contributed by atoms with van der Waals surface area (Å²) < 4.78 is 2.41. The molecule has 1 aromatic rings. The van der Waals surface area contributed by atoms with Gasteiger partial charge in [-0.05, 0) is 19.3 Å². The van der Waals surface area contributed by atoms with Gasteiger partial charge in [0.05, 0.1) is 16.2 Å². The molecule has 28 heavy (non-hydrogen) atoms. The van der Waals surface area contributed by atoms with E-state index in [0.717, 1.165) is 60.5 Å². The van der Waals surface area contributed by atoms with Crippen LogP contribution >= 0.6 is 42.5 Å². The van der Waals surface area contributed by atoms with Gasteiger partial charge in [-0.1, -0.05) is 48.5 Å². The summed E-state index contributed by atoms with van der Waals surface area (Å²) >= 11 is 7.05. The summed E-state index contributed by atoms with van der Waals surface area (Å²) in [5.41, 5.74) is 1.57. The van der Waals surface area contributed by atoms with Crippen LogP contribution < -0.4 is 4.90 Å².